The van der Waals surface area contributed by atoms with E-state index >= 15 is 0 Å². The summed E-state index contributed by atoms with van der Waals surface area (Å²) in [5, 5.41) is 18.9. The van der Waals surface area contributed by atoms with E-state index in [1.165, 1.54) is 0 Å². The summed E-state index contributed by atoms with van der Waals surface area (Å²) < 4.78 is 12.2. The molecule has 0 fully saturated rings. The van der Waals surface area contributed by atoms with Crippen LogP contribution in [0.1, 0.15) is 45.4 Å². The highest BCUT2D eigenvalue weighted by atomic mass is 35.5. The Morgan fingerprint density at radius 3 is 2.65 bits per heavy atom. The first-order chi connectivity index (χ1) is 22.2. The lowest BCUT2D eigenvalue weighted by Crippen LogP contribution is -2.09. The number of halogens is 1. The van der Waals surface area contributed by atoms with E-state index in [0.717, 1.165) is 83.6 Å². The fraction of sp³-hybridized carbons (Fsp3) is 0.286. The Morgan fingerprint density at radius 1 is 1.00 bits per heavy atom. The number of hydrogen-bond acceptors (Lipinski definition) is 6. The molecule has 7 rings (SSSR count). The number of fused-ring (bicyclic) bond motifs is 8. The van der Waals surface area contributed by atoms with Crippen molar-refractivity contribution >= 4 is 62.8 Å². The molecule has 0 spiro atoms. The molecule has 4 heterocycles. The minimum Gasteiger partial charge on any atom is -0.493 e. The number of carboxylic acids is 1. The molecule has 3 aromatic heterocycles. The van der Waals surface area contributed by atoms with Crippen LogP contribution >= 0.6 is 35.1 Å². The molecule has 0 amide bonds. The van der Waals surface area contributed by atoms with Crippen LogP contribution in [-0.4, -0.2) is 41.6 Å². The largest absolute Gasteiger partial charge is 0.493 e. The van der Waals surface area contributed by atoms with Crippen LogP contribution in [0.2, 0.25) is 5.02 Å². The molecule has 8 nitrogen and oxygen atoms in total. The van der Waals surface area contributed by atoms with E-state index in [4.69, 9.17) is 26.4 Å². The molecule has 0 radical (unpaired) electrons. The summed E-state index contributed by atoms with van der Waals surface area (Å²) in [4.78, 5) is 18.8. The maximum absolute atomic E-state index is 12.7. The van der Waals surface area contributed by atoms with Gasteiger partial charge in [-0.15, -0.1) is 23.5 Å². The molecule has 0 atom stereocenters. The summed E-state index contributed by atoms with van der Waals surface area (Å²) in [7, 11) is 5.80. The van der Waals surface area contributed by atoms with Gasteiger partial charge in [-0.2, -0.15) is 5.10 Å². The number of rotatable bonds is 1. The number of aryl methyl sites for hydroxylation is 4. The monoisotopic (exact) mass is 671 g/mol. The topological polar surface area (TPSA) is 87.1 Å². The van der Waals surface area contributed by atoms with Crippen LogP contribution in [0.5, 0.6) is 5.75 Å². The second kappa shape index (κ2) is 12.4. The smallest absolute Gasteiger partial charge is 0.352 e. The van der Waals surface area contributed by atoms with Crippen LogP contribution in [0, 0.1) is 6.92 Å². The maximum Gasteiger partial charge on any atom is 0.352 e. The Morgan fingerprint density at radius 2 is 1.83 bits per heavy atom. The third kappa shape index (κ3) is 5.46. The summed E-state index contributed by atoms with van der Waals surface area (Å²) in [5.74, 6) is 2.91. The Hall–Kier alpha value is -3.86. The molecule has 0 saturated heterocycles. The number of benzene rings is 3. The molecular weight excluding hydrogens is 638 g/mol. The number of hydrogen-bond donors (Lipinski definition) is 1. The predicted octanol–water partition coefficient (Wildman–Crippen LogP) is 8.18. The van der Waals surface area contributed by atoms with Gasteiger partial charge >= 0.3 is 5.97 Å². The van der Waals surface area contributed by atoms with Crippen molar-refractivity contribution in [1.29, 1.82) is 0 Å². The van der Waals surface area contributed by atoms with Crippen LogP contribution in [0.25, 0.3) is 32.9 Å². The average Bonchev–Trinajstić information content (AvgIpc) is 3.63. The number of imidazole rings is 1. The second-order valence-corrected chi connectivity index (χ2v) is 14.1. The van der Waals surface area contributed by atoms with Gasteiger partial charge in [0.2, 0.25) is 0 Å². The van der Waals surface area contributed by atoms with Crippen molar-refractivity contribution in [2.75, 3.05) is 6.61 Å². The summed E-state index contributed by atoms with van der Waals surface area (Å²) in [5.41, 5.74) is 6.65. The van der Waals surface area contributed by atoms with Gasteiger partial charge in [-0.05, 0) is 55.0 Å². The van der Waals surface area contributed by atoms with Crippen molar-refractivity contribution < 1.29 is 14.6 Å². The van der Waals surface area contributed by atoms with E-state index in [1.54, 1.807) is 28.1 Å². The first-order valence-electron chi connectivity index (χ1n) is 15.1. The zero-order chi connectivity index (χ0) is 32.1. The molecule has 0 aliphatic carbocycles. The lowest BCUT2D eigenvalue weighted by Gasteiger charge is -2.13. The highest BCUT2D eigenvalue weighted by Gasteiger charge is 2.27. The van der Waals surface area contributed by atoms with Gasteiger partial charge in [-0.3, -0.25) is 4.68 Å². The van der Waals surface area contributed by atoms with Crippen molar-refractivity contribution in [2.24, 2.45) is 21.1 Å². The van der Waals surface area contributed by atoms with Crippen LogP contribution in [0.4, 0.5) is 0 Å². The molecule has 6 aromatic rings. The molecular formula is C35H34ClN5O3S2. The van der Waals surface area contributed by atoms with Crippen molar-refractivity contribution in [3.05, 3.63) is 93.8 Å². The second-order valence-electron chi connectivity index (χ2n) is 11.6. The lowest BCUT2D eigenvalue weighted by atomic mass is 10.0. The molecule has 8 bridgehead atoms. The molecule has 0 unspecified atom stereocenters. The lowest BCUT2D eigenvalue weighted by molar-refractivity contribution is 0.0685. The number of ether oxygens (including phenoxy) is 1. The first-order valence-corrected chi connectivity index (χ1v) is 17.7. The highest BCUT2D eigenvalue weighted by molar-refractivity contribution is 7.98. The van der Waals surface area contributed by atoms with Gasteiger partial charge in [-0.1, -0.05) is 41.9 Å². The SMILES string of the molecule is Cc1nc2c(n1C)-c1c(Cl)ccc3c(c(C(=O)O)n(C)c13)CCCOc1cc(cc3ccccc13)SCc1cc(nn1C)CSC2. The van der Waals surface area contributed by atoms with E-state index in [0.29, 0.717) is 30.2 Å². The number of nitrogens with zero attached hydrogens (tertiary/aromatic N) is 5. The zero-order valence-corrected chi connectivity index (χ0v) is 28.5. The molecule has 236 valence electrons. The molecule has 1 N–H and O–H groups in total. The van der Waals surface area contributed by atoms with Gasteiger partial charge < -0.3 is 19.0 Å². The zero-order valence-electron chi connectivity index (χ0n) is 26.1. The van der Waals surface area contributed by atoms with Crippen LogP contribution in [-0.2, 0) is 44.8 Å². The summed E-state index contributed by atoms with van der Waals surface area (Å²) >= 11 is 10.5. The van der Waals surface area contributed by atoms with Gasteiger partial charge in [0, 0.05) is 65.3 Å². The third-order valence-corrected chi connectivity index (χ3v) is 11.1. The van der Waals surface area contributed by atoms with Gasteiger partial charge in [0.25, 0.3) is 0 Å². The molecule has 11 heteroatoms. The maximum atomic E-state index is 12.7. The van der Waals surface area contributed by atoms with E-state index in [9.17, 15) is 9.90 Å². The van der Waals surface area contributed by atoms with E-state index in [2.05, 4.69) is 34.9 Å². The Labute approximate surface area is 280 Å². The first kappa shape index (κ1) is 30.8. The Bertz CT molecular complexity index is 2150. The fourth-order valence-electron chi connectivity index (χ4n) is 6.51. The van der Waals surface area contributed by atoms with Gasteiger partial charge in [-0.25, -0.2) is 9.78 Å². The summed E-state index contributed by atoms with van der Waals surface area (Å²) in [6.45, 7) is 2.43. The number of carboxylic acid groups (broad SMARTS) is 1. The van der Waals surface area contributed by atoms with Crippen LogP contribution in [0.3, 0.4) is 0 Å². The standard InChI is InChI=1S/C35H34ClN5O3S2/c1-20-37-29-19-45-17-22-15-23(41(4)38-22)18-46-24-14-21-8-5-6-9-25(21)30(16-24)44-13-7-10-26-27-11-12-28(36)31(34(29)39(20)2)32(27)40(3)33(26)35(42)43/h5-6,8-9,11-12,14-16H,7,10,13,17-19H2,1-4H3,(H,42,43). The molecule has 1 aliphatic rings. The molecule has 46 heavy (non-hydrogen) atoms. The van der Waals surface area contributed by atoms with Gasteiger partial charge in [0.1, 0.15) is 17.3 Å². The Balaban J connectivity index is 1.36. The normalized spacial score (nSPS) is 14.3. The number of thioether (sulfide) groups is 2. The minimum absolute atomic E-state index is 0.269. The number of aromatic nitrogens is 5. The van der Waals surface area contributed by atoms with E-state index in [1.807, 2.05) is 57.0 Å². The van der Waals surface area contributed by atoms with Crippen molar-refractivity contribution in [3.8, 4) is 17.0 Å². The summed E-state index contributed by atoms with van der Waals surface area (Å²) in [6.07, 6.45) is 1.19. The molecule has 3 aromatic carbocycles. The van der Waals surface area contributed by atoms with Gasteiger partial charge in [0.15, 0.2) is 0 Å². The molecule has 0 saturated carbocycles. The average molecular weight is 672 g/mol. The minimum atomic E-state index is -0.964. The van der Waals surface area contributed by atoms with Crippen molar-refractivity contribution in [1.82, 2.24) is 23.9 Å². The summed E-state index contributed by atoms with van der Waals surface area (Å²) in [6, 6.07) is 18.6. The van der Waals surface area contributed by atoms with Crippen molar-refractivity contribution in [3.63, 3.8) is 0 Å². The highest BCUT2D eigenvalue weighted by Crippen LogP contribution is 2.42. The molecule has 1 aliphatic heterocycles. The van der Waals surface area contributed by atoms with E-state index in [-0.39, 0.29) is 5.69 Å². The quantitative estimate of drug-likeness (QED) is 0.189. The van der Waals surface area contributed by atoms with Crippen molar-refractivity contribution in [2.45, 2.75) is 41.9 Å². The van der Waals surface area contributed by atoms with E-state index < -0.39 is 5.97 Å². The van der Waals surface area contributed by atoms with Gasteiger partial charge in [0.05, 0.1) is 34.2 Å². The van der Waals surface area contributed by atoms with Crippen LogP contribution in [0.15, 0.2) is 59.5 Å². The number of aromatic carboxylic acids is 1. The number of carbonyl (C=O) groups is 1. The predicted molar refractivity (Wildman–Crippen MR) is 187 cm³/mol. The van der Waals surface area contributed by atoms with Crippen LogP contribution < -0.4 is 4.74 Å². The fourth-order valence-corrected chi connectivity index (χ4v) is 8.59. The third-order valence-electron chi connectivity index (χ3n) is 8.77. The Kier molecular flexibility index (Phi) is 8.29.